The summed E-state index contributed by atoms with van der Waals surface area (Å²) in [5, 5.41) is 3.12. The zero-order valence-electron chi connectivity index (χ0n) is 10.5. The standard InChI is InChI=1S/C14H16F3NS/c15-14(16,17)10-1-2-12-11(9-4-6-19-8-9)3-5-18-13(12)7-10/h1-2,7,9,11,18H,3-6,8H2. The molecule has 1 N–H and O–H groups in total. The zero-order valence-corrected chi connectivity index (χ0v) is 11.3. The van der Waals surface area contributed by atoms with E-state index in [2.05, 4.69) is 5.32 Å². The van der Waals surface area contributed by atoms with E-state index in [4.69, 9.17) is 0 Å². The fraction of sp³-hybridized carbons (Fsp3) is 0.571. The van der Waals surface area contributed by atoms with E-state index in [9.17, 15) is 13.2 Å². The maximum absolute atomic E-state index is 12.7. The first kappa shape index (κ1) is 13.2. The van der Waals surface area contributed by atoms with E-state index >= 15 is 0 Å². The maximum atomic E-state index is 12.7. The Bertz CT molecular complexity index is 466. The van der Waals surface area contributed by atoms with Gasteiger partial charge in [0.25, 0.3) is 0 Å². The van der Waals surface area contributed by atoms with Gasteiger partial charge in [-0.3, -0.25) is 0 Å². The molecule has 2 heterocycles. The number of hydrogen-bond donors (Lipinski definition) is 1. The van der Waals surface area contributed by atoms with Crippen LogP contribution in [0.5, 0.6) is 0 Å². The van der Waals surface area contributed by atoms with Crippen LogP contribution in [0.3, 0.4) is 0 Å². The molecular formula is C14H16F3NS. The first-order valence-electron chi connectivity index (χ1n) is 6.58. The number of halogens is 3. The molecule has 2 aliphatic heterocycles. The maximum Gasteiger partial charge on any atom is 0.416 e. The molecule has 5 heteroatoms. The topological polar surface area (TPSA) is 12.0 Å². The number of nitrogens with one attached hydrogen (secondary N) is 1. The Morgan fingerprint density at radius 1 is 1.21 bits per heavy atom. The number of alkyl halides is 3. The van der Waals surface area contributed by atoms with E-state index in [0.29, 0.717) is 17.5 Å². The van der Waals surface area contributed by atoms with Crippen molar-refractivity contribution in [1.82, 2.24) is 0 Å². The van der Waals surface area contributed by atoms with Crippen molar-refractivity contribution in [3.05, 3.63) is 29.3 Å². The average Bonchev–Trinajstić information content (AvgIpc) is 2.90. The summed E-state index contributed by atoms with van der Waals surface area (Å²) in [5.41, 5.74) is 1.20. The minimum Gasteiger partial charge on any atom is -0.385 e. The molecule has 0 amide bonds. The summed E-state index contributed by atoms with van der Waals surface area (Å²) in [7, 11) is 0. The molecule has 2 atom stereocenters. The second-order valence-corrected chi connectivity index (χ2v) is 6.40. The molecule has 1 nitrogen and oxygen atoms in total. The summed E-state index contributed by atoms with van der Waals surface area (Å²) < 4.78 is 38.2. The fourth-order valence-corrected chi connectivity index (χ4v) is 4.42. The lowest BCUT2D eigenvalue weighted by Gasteiger charge is -2.31. The Labute approximate surface area is 115 Å². The lowest BCUT2D eigenvalue weighted by atomic mass is 9.80. The largest absolute Gasteiger partial charge is 0.416 e. The second-order valence-electron chi connectivity index (χ2n) is 5.25. The quantitative estimate of drug-likeness (QED) is 0.823. The van der Waals surface area contributed by atoms with Gasteiger partial charge in [0.2, 0.25) is 0 Å². The van der Waals surface area contributed by atoms with Gasteiger partial charge in [-0.05, 0) is 53.9 Å². The third-order valence-electron chi connectivity index (χ3n) is 4.08. The van der Waals surface area contributed by atoms with Crippen molar-refractivity contribution >= 4 is 17.4 Å². The van der Waals surface area contributed by atoms with Gasteiger partial charge in [-0.2, -0.15) is 24.9 Å². The molecule has 3 rings (SSSR count). The van der Waals surface area contributed by atoms with Crippen molar-refractivity contribution in [2.75, 3.05) is 23.4 Å². The number of thioether (sulfide) groups is 1. The summed E-state index contributed by atoms with van der Waals surface area (Å²) in [6, 6.07) is 4.17. The van der Waals surface area contributed by atoms with Gasteiger partial charge in [-0.25, -0.2) is 0 Å². The SMILES string of the molecule is FC(F)(F)c1ccc2c(c1)NCCC2C1CCSC1. The van der Waals surface area contributed by atoms with Crippen LogP contribution in [0, 0.1) is 5.92 Å². The van der Waals surface area contributed by atoms with Crippen LogP contribution in [-0.2, 0) is 6.18 Å². The Kier molecular flexibility index (Phi) is 3.41. The highest BCUT2D eigenvalue weighted by molar-refractivity contribution is 7.99. The van der Waals surface area contributed by atoms with Gasteiger partial charge in [0.15, 0.2) is 0 Å². The summed E-state index contributed by atoms with van der Waals surface area (Å²) in [6.45, 7) is 0.778. The van der Waals surface area contributed by atoms with Gasteiger partial charge < -0.3 is 5.32 Å². The molecule has 1 saturated heterocycles. The molecule has 0 radical (unpaired) electrons. The molecule has 0 spiro atoms. The fourth-order valence-electron chi connectivity index (χ4n) is 3.09. The lowest BCUT2D eigenvalue weighted by molar-refractivity contribution is -0.137. The van der Waals surface area contributed by atoms with Crippen molar-refractivity contribution in [1.29, 1.82) is 0 Å². The Balaban J connectivity index is 1.92. The van der Waals surface area contributed by atoms with Gasteiger partial charge in [0.1, 0.15) is 0 Å². The lowest BCUT2D eigenvalue weighted by Crippen LogP contribution is -2.23. The van der Waals surface area contributed by atoms with Gasteiger partial charge in [-0.15, -0.1) is 0 Å². The van der Waals surface area contributed by atoms with Crippen molar-refractivity contribution < 1.29 is 13.2 Å². The van der Waals surface area contributed by atoms with Gasteiger partial charge in [0, 0.05) is 12.2 Å². The van der Waals surface area contributed by atoms with Crippen LogP contribution in [0.4, 0.5) is 18.9 Å². The highest BCUT2D eigenvalue weighted by Crippen LogP contribution is 2.44. The Morgan fingerprint density at radius 2 is 2.05 bits per heavy atom. The molecule has 0 saturated carbocycles. The number of fused-ring (bicyclic) bond motifs is 1. The van der Waals surface area contributed by atoms with Gasteiger partial charge in [0.05, 0.1) is 5.56 Å². The van der Waals surface area contributed by atoms with Gasteiger partial charge >= 0.3 is 6.18 Å². The molecule has 19 heavy (non-hydrogen) atoms. The van der Waals surface area contributed by atoms with Crippen molar-refractivity contribution in [3.8, 4) is 0 Å². The molecule has 0 bridgehead atoms. The molecule has 2 aliphatic rings. The normalized spacial score (nSPS) is 26.9. The number of hydrogen-bond acceptors (Lipinski definition) is 2. The van der Waals surface area contributed by atoms with E-state index in [-0.39, 0.29) is 0 Å². The van der Waals surface area contributed by atoms with E-state index in [1.54, 1.807) is 6.07 Å². The summed E-state index contributed by atoms with van der Waals surface area (Å²) in [4.78, 5) is 0. The smallest absolute Gasteiger partial charge is 0.385 e. The summed E-state index contributed by atoms with van der Waals surface area (Å²) in [5.74, 6) is 3.38. The highest BCUT2D eigenvalue weighted by atomic mass is 32.2. The van der Waals surface area contributed by atoms with Crippen LogP contribution >= 0.6 is 11.8 Å². The molecule has 1 aromatic carbocycles. The van der Waals surface area contributed by atoms with Crippen LogP contribution in [0.1, 0.15) is 29.9 Å². The highest BCUT2D eigenvalue weighted by Gasteiger charge is 2.34. The number of anilines is 1. The molecule has 104 valence electrons. The minimum atomic E-state index is -4.26. The molecule has 0 aromatic heterocycles. The van der Waals surface area contributed by atoms with Crippen LogP contribution in [-0.4, -0.2) is 18.1 Å². The predicted molar refractivity (Wildman–Crippen MR) is 72.7 cm³/mol. The molecule has 1 aromatic rings. The third kappa shape index (κ3) is 2.57. The first-order valence-corrected chi connectivity index (χ1v) is 7.74. The molecule has 2 unspecified atom stereocenters. The average molecular weight is 287 g/mol. The van der Waals surface area contributed by atoms with Crippen LogP contribution in [0.25, 0.3) is 0 Å². The van der Waals surface area contributed by atoms with Gasteiger partial charge in [-0.1, -0.05) is 6.07 Å². The predicted octanol–water partition coefficient (Wildman–Crippen LogP) is 4.36. The zero-order chi connectivity index (χ0) is 13.5. The Hall–Kier alpha value is -0.840. The second kappa shape index (κ2) is 4.93. The van der Waals surface area contributed by atoms with Crippen LogP contribution in [0.15, 0.2) is 18.2 Å². The van der Waals surface area contributed by atoms with Crippen molar-refractivity contribution in [2.45, 2.75) is 24.9 Å². The van der Waals surface area contributed by atoms with E-state index in [1.807, 2.05) is 11.8 Å². The Morgan fingerprint density at radius 3 is 2.74 bits per heavy atom. The van der Waals surface area contributed by atoms with E-state index < -0.39 is 11.7 Å². The third-order valence-corrected chi connectivity index (χ3v) is 5.27. The number of rotatable bonds is 1. The molecular weight excluding hydrogens is 271 g/mol. The summed E-state index contributed by atoms with van der Waals surface area (Å²) >= 11 is 1.96. The first-order chi connectivity index (χ1) is 9.05. The monoisotopic (exact) mass is 287 g/mol. The van der Waals surface area contributed by atoms with E-state index in [1.165, 1.54) is 24.3 Å². The van der Waals surface area contributed by atoms with Crippen LogP contribution < -0.4 is 5.32 Å². The number of benzene rings is 1. The molecule has 1 fully saturated rings. The molecule has 0 aliphatic carbocycles. The minimum absolute atomic E-state index is 0.425. The van der Waals surface area contributed by atoms with Crippen LogP contribution in [0.2, 0.25) is 0 Å². The van der Waals surface area contributed by atoms with E-state index in [0.717, 1.165) is 24.3 Å². The van der Waals surface area contributed by atoms with Crippen molar-refractivity contribution in [2.24, 2.45) is 5.92 Å². The van der Waals surface area contributed by atoms with Crippen molar-refractivity contribution in [3.63, 3.8) is 0 Å². The summed E-state index contributed by atoms with van der Waals surface area (Å²) in [6.07, 6.45) is -2.04.